The predicted octanol–water partition coefficient (Wildman–Crippen LogP) is 4.91. The molecule has 152 valence electrons. The Bertz CT molecular complexity index is 885. The molecule has 0 N–H and O–H groups in total. The maximum Gasteiger partial charge on any atom is 0.330 e. The molecule has 29 heavy (non-hydrogen) atoms. The smallest absolute Gasteiger partial charge is 0.330 e. The van der Waals surface area contributed by atoms with Gasteiger partial charge >= 0.3 is 11.9 Å². The van der Waals surface area contributed by atoms with Gasteiger partial charge in [0.25, 0.3) is 0 Å². The van der Waals surface area contributed by atoms with E-state index in [1.807, 2.05) is 68.4 Å². The average molecular weight is 394 g/mol. The number of rotatable bonds is 8. The van der Waals surface area contributed by atoms with E-state index in [1.165, 1.54) is 6.08 Å². The van der Waals surface area contributed by atoms with Crippen molar-refractivity contribution in [3.8, 4) is 11.5 Å². The Balaban J connectivity index is 1.55. The molecule has 0 aliphatic heterocycles. The lowest BCUT2D eigenvalue weighted by Crippen LogP contribution is -2.10. The van der Waals surface area contributed by atoms with E-state index in [1.54, 1.807) is 13.0 Å². The molecule has 0 bridgehead atoms. The first-order chi connectivity index (χ1) is 13.9. The van der Waals surface area contributed by atoms with Crippen LogP contribution in [0.25, 0.3) is 0 Å². The molecule has 1 aliphatic rings. The monoisotopic (exact) mass is 394 g/mol. The van der Waals surface area contributed by atoms with Gasteiger partial charge in [0.15, 0.2) is 0 Å². The van der Waals surface area contributed by atoms with Crippen LogP contribution in [-0.2, 0) is 25.7 Å². The van der Waals surface area contributed by atoms with Crippen molar-refractivity contribution in [1.29, 1.82) is 0 Å². The van der Waals surface area contributed by atoms with Gasteiger partial charge in [0.1, 0.15) is 18.1 Å². The Morgan fingerprint density at radius 1 is 1.00 bits per heavy atom. The van der Waals surface area contributed by atoms with Gasteiger partial charge in [0, 0.05) is 6.08 Å². The number of hydrogen-bond donors (Lipinski definition) is 0. The lowest BCUT2D eigenvalue weighted by Gasteiger charge is -2.09. The van der Waals surface area contributed by atoms with Crippen molar-refractivity contribution in [2.75, 3.05) is 6.61 Å². The maximum atomic E-state index is 12.5. The van der Waals surface area contributed by atoms with Crippen LogP contribution in [0.4, 0.5) is 0 Å². The largest absolute Gasteiger partial charge is 0.463 e. The summed E-state index contributed by atoms with van der Waals surface area (Å²) >= 11 is 0. The number of ether oxygens (including phenoxy) is 3. The second-order valence-corrected chi connectivity index (χ2v) is 7.61. The normalized spacial score (nSPS) is 19.6. The Kier molecular flexibility index (Phi) is 6.37. The Hall–Kier alpha value is -3.08. The number of allylic oxidation sites excluding steroid dienone is 1. The van der Waals surface area contributed by atoms with E-state index in [0.29, 0.717) is 12.4 Å². The van der Waals surface area contributed by atoms with Crippen LogP contribution in [0.1, 0.15) is 26.3 Å². The molecule has 2 aromatic carbocycles. The van der Waals surface area contributed by atoms with Crippen LogP contribution < -0.4 is 4.74 Å². The topological polar surface area (TPSA) is 61.8 Å². The molecule has 0 heterocycles. The van der Waals surface area contributed by atoms with Crippen LogP contribution in [-0.4, -0.2) is 18.5 Å². The molecule has 1 saturated carbocycles. The van der Waals surface area contributed by atoms with Gasteiger partial charge in [-0.25, -0.2) is 4.79 Å². The van der Waals surface area contributed by atoms with Gasteiger partial charge < -0.3 is 14.2 Å². The zero-order valence-electron chi connectivity index (χ0n) is 17.0. The molecule has 0 saturated heterocycles. The van der Waals surface area contributed by atoms with Gasteiger partial charge in [-0.1, -0.05) is 50.3 Å². The van der Waals surface area contributed by atoms with Gasteiger partial charge in [-0.3, -0.25) is 4.79 Å². The molecular formula is C24H26O5. The molecule has 1 aliphatic carbocycles. The molecule has 0 radical (unpaired) electrons. The molecule has 5 heteroatoms. The highest BCUT2D eigenvalue weighted by atomic mass is 16.5. The molecular weight excluding hydrogens is 368 g/mol. The first-order valence-electron chi connectivity index (χ1n) is 9.75. The van der Waals surface area contributed by atoms with Crippen LogP contribution in [0.15, 0.2) is 66.7 Å². The number of hydrogen-bond acceptors (Lipinski definition) is 5. The lowest BCUT2D eigenvalue weighted by atomic mass is 10.1. The number of carbonyl (C=O) groups excluding carboxylic acids is 2. The summed E-state index contributed by atoms with van der Waals surface area (Å²) in [5.41, 5.74) is 0.613. The molecule has 1 fully saturated rings. The Morgan fingerprint density at radius 3 is 2.45 bits per heavy atom. The SMILES string of the molecule is CCOC(=O)C=CC1C(C(=O)OCc2cccc(Oc3ccccc3)c2)C1(C)C. The quantitative estimate of drug-likeness (QED) is 0.470. The van der Waals surface area contributed by atoms with Crippen molar-refractivity contribution in [2.45, 2.75) is 27.4 Å². The average Bonchev–Trinajstić information content (AvgIpc) is 3.26. The van der Waals surface area contributed by atoms with Gasteiger partial charge in [0.05, 0.1) is 12.5 Å². The van der Waals surface area contributed by atoms with E-state index in [2.05, 4.69) is 0 Å². The molecule has 3 rings (SSSR count). The van der Waals surface area contributed by atoms with Crippen molar-refractivity contribution < 1.29 is 23.8 Å². The van der Waals surface area contributed by atoms with E-state index in [4.69, 9.17) is 14.2 Å². The van der Waals surface area contributed by atoms with Crippen LogP contribution in [0.5, 0.6) is 11.5 Å². The van der Waals surface area contributed by atoms with Crippen molar-refractivity contribution >= 4 is 11.9 Å². The summed E-state index contributed by atoms with van der Waals surface area (Å²) in [6.07, 6.45) is 3.14. The van der Waals surface area contributed by atoms with E-state index < -0.39 is 5.97 Å². The Morgan fingerprint density at radius 2 is 1.72 bits per heavy atom. The molecule has 0 aromatic heterocycles. The van der Waals surface area contributed by atoms with E-state index in [-0.39, 0.29) is 29.8 Å². The van der Waals surface area contributed by atoms with Crippen molar-refractivity contribution in [3.05, 3.63) is 72.3 Å². The summed E-state index contributed by atoms with van der Waals surface area (Å²) in [5.74, 6) is 0.480. The zero-order chi connectivity index (χ0) is 20.9. The number of esters is 2. The van der Waals surface area contributed by atoms with Gasteiger partial charge in [-0.05, 0) is 48.1 Å². The number of benzene rings is 2. The minimum atomic E-state index is -0.391. The molecule has 0 spiro atoms. The highest BCUT2D eigenvalue weighted by Gasteiger charge is 2.61. The summed E-state index contributed by atoms with van der Waals surface area (Å²) in [4.78, 5) is 24.0. The highest BCUT2D eigenvalue weighted by Crippen LogP contribution is 2.59. The minimum Gasteiger partial charge on any atom is -0.463 e. The van der Waals surface area contributed by atoms with Crippen molar-refractivity contribution in [3.63, 3.8) is 0 Å². The third kappa shape index (κ3) is 5.25. The first kappa shape index (κ1) is 20.6. The number of carbonyl (C=O) groups is 2. The minimum absolute atomic E-state index is 0.0350. The van der Waals surface area contributed by atoms with Gasteiger partial charge in [-0.15, -0.1) is 0 Å². The second-order valence-electron chi connectivity index (χ2n) is 7.61. The second kappa shape index (κ2) is 8.95. The fourth-order valence-electron chi connectivity index (χ4n) is 3.43. The van der Waals surface area contributed by atoms with Crippen LogP contribution in [0.3, 0.4) is 0 Å². The Labute approximate surface area is 171 Å². The molecule has 2 atom stereocenters. The highest BCUT2D eigenvalue weighted by molar-refractivity contribution is 5.83. The van der Waals surface area contributed by atoms with Crippen molar-refractivity contribution in [1.82, 2.24) is 0 Å². The van der Waals surface area contributed by atoms with Gasteiger partial charge in [-0.2, -0.15) is 0 Å². The van der Waals surface area contributed by atoms with Crippen LogP contribution in [0.2, 0.25) is 0 Å². The fourth-order valence-corrected chi connectivity index (χ4v) is 3.43. The third-order valence-electron chi connectivity index (χ3n) is 5.15. The summed E-state index contributed by atoms with van der Waals surface area (Å²) < 4.78 is 16.2. The predicted molar refractivity (Wildman–Crippen MR) is 109 cm³/mol. The van der Waals surface area contributed by atoms with E-state index in [9.17, 15) is 9.59 Å². The van der Waals surface area contributed by atoms with Crippen molar-refractivity contribution in [2.24, 2.45) is 17.3 Å². The molecule has 5 nitrogen and oxygen atoms in total. The third-order valence-corrected chi connectivity index (χ3v) is 5.15. The van der Waals surface area contributed by atoms with Crippen LogP contribution in [0, 0.1) is 17.3 Å². The van der Waals surface area contributed by atoms with E-state index >= 15 is 0 Å². The summed E-state index contributed by atoms with van der Waals surface area (Å²) in [5, 5.41) is 0. The molecule has 2 aromatic rings. The maximum absolute atomic E-state index is 12.5. The van der Waals surface area contributed by atoms with Gasteiger partial charge in [0.2, 0.25) is 0 Å². The summed E-state index contributed by atoms with van der Waals surface area (Å²) in [6, 6.07) is 17.0. The standard InChI is InChI=1S/C24H26O5/c1-4-27-21(25)14-13-20-22(24(20,2)3)23(26)28-16-17-9-8-12-19(15-17)29-18-10-6-5-7-11-18/h5-15,20,22H,4,16H2,1-3H3. The first-order valence-corrected chi connectivity index (χ1v) is 9.75. The zero-order valence-corrected chi connectivity index (χ0v) is 17.0. The van der Waals surface area contributed by atoms with Crippen LogP contribution >= 0.6 is 0 Å². The summed E-state index contributed by atoms with van der Waals surface area (Å²) in [6.45, 7) is 6.25. The number of para-hydroxylation sites is 1. The fraction of sp³-hybridized carbons (Fsp3) is 0.333. The molecule has 2 unspecified atom stereocenters. The lowest BCUT2D eigenvalue weighted by molar-refractivity contribution is -0.147. The molecule has 0 amide bonds. The summed E-state index contributed by atoms with van der Waals surface area (Å²) in [7, 11) is 0. The van der Waals surface area contributed by atoms with E-state index in [0.717, 1.165) is 11.3 Å².